The van der Waals surface area contributed by atoms with Crippen LogP contribution in [0.1, 0.15) is 25.7 Å². The highest BCUT2D eigenvalue weighted by atomic mass is 19.1. The summed E-state index contributed by atoms with van der Waals surface area (Å²) in [5.74, 6) is -0.998. The van der Waals surface area contributed by atoms with Crippen LogP contribution in [-0.2, 0) is 9.59 Å². The van der Waals surface area contributed by atoms with Gasteiger partial charge >= 0.3 is 0 Å². The van der Waals surface area contributed by atoms with Crippen molar-refractivity contribution < 1.29 is 14.0 Å². The molecule has 2 saturated heterocycles. The Balaban J connectivity index is 1.44. The van der Waals surface area contributed by atoms with Crippen LogP contribution in [0, 0.1) is 5.82 Å². The van der Waals surface area contributed by atoms with Gasteiger partial charge in [-0.15, -0.1) is 0 Å². The Hall–Kier alpha value is -2.89. The minimum atomic E-state index is -0.608. The van der Waals surface area contributed by atoms with Gasteiger partial charge in [0.15, 0.2) is 0 Å². The van der Waals surface area contributed by atoms with Crippen LogP contribution in [0.5, 0.6) is 0 Å². The fourth-order valence-corrected chi connectivity index (χ4v) is 3.73. The number of piperidine rings is 1. The molecule has 2 aromatic rings. The largest absolute Gasteiger partial charge is 0.373 e. The summed E-state index contributed by atoms with van der Waals surface area (Å²) in [5, 5.41) is 3.16. The Morgan fingerprint density at radius 2 is 1.48 bits per heavy atom. The van der Waals surface area contributed by atoms with Crippen LogP contribution in [0.2, 0.25) is 0 Å². The minimum absolute atomic E-state index is 0.0874. The van der Waals surface area contributed by atoms with Gasteiger partial charge in [0, 0.05) is 24.5 Å². The Morgan fingerprint density at radius 1 is 0.852 bits per heavy atom. The van der Waals surface area contributed by atoms with Crippen molar-refractivity contribution in [1.82, 2.24) is 0 Å². The van der Waals surface area contributed by atoms with Crippen molar-refractivity contribution in [3.63, 3.8) is 0 Å². The highest BCUT2D eigenvalue weighted by Crippen LogP contribution is 2.26. The van der Waals surface area contributed by atoms with Crippen LogP contribution in [-0.4, -0.2) is 30.9 Å². The van der Waals surface area contributed by atoms with E-state index in [0.717, 1.165) is 23.7 Å². The molecule has 2 amide bonds. The van der Waals surface area contributed by atoms with Crippen molar-refractivity contribution in [2.45, 2.75) is 31.7 Å². The second-order valence-corrected chi connectivity index (χ2v) is 7.04. The molecule has 0 saturated carbocycles. The molecule has 5 nitrogen and oxygen atoms in total. The number of hydrogen-bond acceptors (Lipinski definition) is 4. The zero-order valence-electron chi connectivity index (χ0n) is 15.0. The van der Waals surface area contributed by atoms with Gasteiger partial charge in [-0.05, 0) is 67.8 Å². The molecule has 140 valence electrons. The normalized spacial score (nSPS) is 20.3. The van der Waals surface area contributed by atoms with E-state index in [0.29, 0.717) is 5.69 Å². The first-order chi connectivity index (χ1) is 13.1. The quantitative estimate of drug-likeness (QED) is 0.840. The number of imide groups is 1. The number of amides is 2. The molecule has 6 heteroatoms. The topological polar surface area (TPSA) is 52.7 Å². The lowest BCUT2D eigenvalue weighted by atomic mass is 10.1. The Kier molecular flexibility index (Phi) is 4.79. The molecule has 2 aliphatic rings. The number of nitrogens with zero attached hydrogens (tertiary/aromatic N) is 2. The van der Waals surface area contributed by atoms with Crippen molar-refractivity contribution in [3.8, 4) is 0 Å². The molecule has 0 aromatic heterocycles. The van der Waals surface area contributed by atoms with Gasteiger partial charge in [-0.1, -0.05) is 0 Å². The van der Waals surface area contributed by atoms with E-state index in [1.54, 1.807) is 0 Å². The first-order valence-electron chi connectivity index (χ1n) is 9.36. The van der Waals surface area contributed by atoms with Crippen molar-refractivity contribution in [3.05, 3.63) is 54.3 Å². The average molecular weight is 367 g/mol. The lowest BCUT2D eigenvalue weighted by Crippen LogP contribution is -2.34. The van der Waals surface area contributed by atoms with E-state index < -0.39 is 11.9 Å². The van der Waals surface area contributed by atoms with Crippen LogP contribution in [0.15, 0.2) is 48.5 Å². The average Bonchev–Trinajstić information content (AvgIpc) is 2.97. The first-order valence-corrected chi connectivity index (χ1v) is 9.36. The number of carbonyl (C=O) groups excluding carboxylic acids is 2. The third-order valence-electron chi connectivity index (χ3n) is 5.16. The van der Waals surface area contributed by atoms with Crippen LogP contribution < -0.4 is 15.1 Å². The van der Waals surface area contributed by atoms with Gasteiger partial charge in [0.25, 0.3) is 5.91 Å². The predicted octanol–water partition coefficient (Wildman–Crippen LogP) is 3.56. The summed E-state index contributed by atoms with van der Waals surface area (Å²) in [5.41, 5.74) is 2.39. The molecule has 0 bridgehead atoms. The fraction of sp³-hybridized carbons (Fsp3) is 0.333. The summed E-state index contributed by atoms with van der Waals surface area (Å²) in [4.78, 5) is 28.4. The summed E-state index contributed by atoms with van der Waals surface area (Å²) in [6, 6.07) is 12.8. The van der Waals surface area contributed by atoms with E-state index in [-0.39, 0.29) is 18.2 Å². The molecule has 2 aliphatic heterocycles. The summed E-state index contributed by atoms with van der Waals surface area (Å²) in [6.07, 6.45) is 3.82. The van der Waals surface area contributed by atoms with Gasteiger partial charge in [-0.3, -0.25) is 9.59 Å². The molecular formula is C21H22FN3O2. The first kappa shape index (κ1) is 17.5. The molecule has 4 rings (SSSR count). The Morgan fingerprint density at radius 3 is 2.15 bits per heavy atom. The molecule has 27 heavy (non-hydrogen) atoms. The van der Waals surface area contributed by atoms with E-state index in [1.165, 1.54) is 49.2 Å². The summed E-state index contributed by atoms with van der Waals surface area (Å²) in [6.45, 7) is 2.16. The van der Waals surface area contributed by atoms with E-state index in [4.69, 9.17) is 0 Å². The number of nitrogens with one attached hydrogen (secondary N) is 1. The fourth-order valence-electron chi connectivity index (χ4n) is 3.73. The van der Waals surface area contributed by atoms with E-state index in [2.05, 4.69) is 10.2 Å². The molecule has 2 heterocycles. The summed E-state index contributed by atoms with van der Waals surface area (Å²) in [7, 11) is 0. The summed E-state index contributed by atoms with van der Waals surface area (Å²) < 4.78 is 13.1. The standard InChI is InChI=1S/C21H22FN3O2/c22-15-4-8-18(9-5-15)25-20(26)14-19(21(25)27)23-16-6-10-17(11-7-16)24-12-2-1-3-13-24/h4-11,19,23H,1-3,12-14H2/t19-/m0/s1. The SMILES string of the molecule is O=C1C[C@H](Nc2ccc(N3CCCCC3)cc2)C(=O)N1c1ccc(F)cc1. The number of anilines is 3. The van der Waals surface area contributed by atoms with E-state index in [9.17, 15) is 14.0 Å². The smallest absolute Gasteiger partial charge is 0.256 e. The maximum absolute atomic E-state index is 13.1. The molecule has 1 N–H and O–H groups in total. The lowest BCUT2D eigenvalue weighted by molar-refractivity contribution is -0.121. The maximum Gasteiger partial charge on any atom is 0.256 e. The molecule has 2 fully saturated rings. The van der Waals surface area contributed by atoms with Gasteiger partial charge in [-0.2, -0.15) is 0 Å². The highest BCUT2D eigenvalue weighted by Gasteiger charge is 2.39. The van der Waals surface area contributed by atoms with E-state index in [1.807, 2.05) is 24.3 Å². The summed E-state index contributed by atoms with van der Waals surface area (Å²) >= 11 is 0. The molecule has 0 aliphatic carbocycles. The number of hydrogen-bond donors (Lipinski definition) is 1. The molecule has 0 unspecified atom stereocenters. The third-order valence-corrected chi connectivity index (χ3v) is 5.16. The Bertz CT molecular complexity index is 830. The van der Waals surface area contributed by atoms with Crippen LogP contribution in [0.3, 0.4) is 0 Å². The van der Waals surface area contributed by atoms with Crippen LogP contribution in [0.25, 0.3) is 0 Å². The lowest BCUT2D eigenvalue weighted by Gasteiger charge is -2.29. The van der Waals surface area contributed by atoms with Crippen LogP contribution >= 0.6 is 0 Å². The van der Waals surface area contributed by atoms with Crippen molar-refractivity contribution >= 4 is 28.9 Å². The predicted molar refractivity (Wildman–Crippen MR) is 103 cm³/mol. The Labute approximate surface area is 157 Å². The van der Waals surface area contributed by atoms with Gasteiger partial charge in [0.05, 0.1) is 12.1 Å². The molecule has 0 spiro atoms. The van der Waals surface area contributed by atoms with Crippen LogP contribution in [0.4, 0.5) is 21.5 Å². The highest BCUT2D eigenvalue weighted by molar-refractivity contribution is 6.23. The maximum atomic E-state index is 13.1. The number of benzene rings is 2. The van der Waals surface area contributed by atoms with E-state index >= 15 is 0 Å². The van der Waals surface area contributed by atoms with Gasteiger partial charge in [0.2, 0.25) is 5.91 Å². The number of rotatable bonds is 4. The second-order valence-electron chi connectivity index (χ2n) is 7.04. The minimum Gasteiger partial charge on any atom is -0.373 e. The molecule has 0 radical (unpaired) electrons. The zero-order chi connectivity index (χ0) is 18.8. The van der Waals surface area contributed by atoms with Gasteiger partial charge < -0.3 is 10.2 Å². The van der Waals surface area contributed by atoms with Gasteiger partial charge in [-0.25, -0.2) is 9.29 Å². The number of halogens is 1. The van der Waals surface area contributed by atoms with Crippen molar-refractivity contribution in [1.29, 1.82) is 0 Å². The zero-order valence-corrected chi connectivity index (χ0v) is 15.0. The van der Waals surface area contributed by atoms with Gasteiger partial charge in [0.1, 0.15) is 11.9 Å². The number of carbonyl (C=O) groups is 2. The van der Waals surface area contributed by atoms with Crippen molar-refractivity contribution in [2.24, 2.45) is 0 Å². The molecule has 1 atom stereocenters. The monoisotopic (exact) mass is 367 g/mol. The third kappa shape index (κ3) is 3.65. The molecule has 2 aromatic carbocycles. The second kappa shape index (κ2) is 7.39. The molecular weight excluding hydrogens is 345 g/mol. The van der Waals surface area contributed by atoms with Crippen molar-refractivity contribution in [2.75, 3.05) is 28.2 Å².